The summed E-state index contributed by atoms with van der Waals surface area (Å²) < 4.78 is 8.06. The van der Waals surface area contributed by atoms with Crippen molar-refractivity contribution in [3.8, 4) is 0 Å². The molecule has 94 valence electrons. The number of carbonyl (C=O) groups excluding carboxylic acids is 1. The highest BCUT2D eigenvalue weighted by molar-refractivity contribution is 9.10. The standard InChI is InChI=1S/C13H13BrN2O2/c1-2-18-12(17)13(4-5-13)10-8-16-6-3-9(14)7-11(16)15-10/h3,6-8H,2,4-5H2,1H3. The van der Waals surface area contributed by atoms with Gasteiger partial charge in [0, 0.05) is 16.9 Å². The maximum Gasteiger partial charge on any atom is 0.318 e. The van der Waals surface area contributed by atoms with Crippen LogP contribution in [-0.2, 0) is 14.9 Å². The van der Waals surface area contributed by atoms with E-state index in [0.29, 0.717) is 6.61 Å². The van der Waals surface area contributed by atoms with Gasteiger partial charge in [0.2, 0.25) is 0 Å². The number of esters is 1. The lowest BCUT2D eigenvalue weighted by Gasteiger charge is -2.10. The number of ether oxygens (including phenoxy) is 1. The van der Waals surface area contributed by atoms with Gasteiger partial charge in [-0.2, -0.15) is 0 Å². The van der Waals surface area contributed by atoms with Gasteiger partial charge in [0.05, 0.1) is 12.3 Å². The van der Waals surface area contributed by atoms with E-state index in [1.54, 1.807) is 0 Å². The Morgan fingerprint density at radius 2 is 2.39 bits per heavy atom. The van der Waals surface area contributed by atoms with Crippen LogP contribution in [0.15, 0.2) is 29.0 Å². The molecule has 4 nitrogen and oxygen atoms in total. The number of carbonyl (C=O) groups is 1. The Kier molecular flexibility index (Phi) is 2.66. The Morgan fingerprint density at radius 1 is 1.61 bits per heavy atom. The average Bonchev–Trinajstić information content (AvgIpc) is 3.05. The van der Waals surface area contributed by atoms with Gasteiger partial charge in [-0.15, -0.1) is 0 Å². The molecule has 0 atom stereocenters. The molecule has 0 unspecified atom stereocenters. The fourth-order valence-corrected chi connectivity index (χ4v) is 2.47. The van der Waals surface area contributed by atoms with Crippen molar-refractivity contribution in [3.05, 3.63) is 34.7 Å². The summed E-state index contributed by atoms with van der Waals surface area (Å²) in [6, 6.07) is 3.88. The van der Waals surface area contributed by atoms with Gasteiger partial charge in [-0.3, -0.25) is 4.79 Å². The Bertz CT molecular complexity index is 616. The molecule has 0 N–H and O–H groups in total. The average molecular weight is 309 g/mol. The number of aromatic nitrogens is 2. The smallest absolute Gasteiger partial charge is 0.318 e. The predicted molar refractivity (Wildman–Crippen MR) is 70.4 cm³/mol. The van der Waals surface area contributed by atoms with Crippen molar-refractivity contribution in [1.29, 1.82) is 0 Å². The fraction of sp³-hybridized carbons (Fsp3) is 0.385. The van der Waals surface area contributed by atoms with Gasteiger partial charge in [-0.1, -0.05) is 15.9 Å². The molecule has 0 spiro atoms. The Balaban J connectivity index is 2.02. The SMILES string of the molecule is CCOC(=O)C1(c2cn3ccc(Br)cc3n2)CC1. The molecule has 0 aliphatic heterocycles. The van der Waals surface area contributed by atoms with Crippen LogP contribution in [0.5, 0.6) is 0 Å². The summed E-state index contributed by atoms with van der Waals surface area (Å²) in [6.07, 6.45) is 5.51. The van der Waals surface area contributed by atoms with Crippen LogP contribution < -0.4 is 0 Å². The first kappa shape index (κ1) is 11.7. The van der Waals surface area contributed by atoms with Crippen LogP contribution in [0.3, 0.4) is 0 Å². The van der Waals surface area contributed by atoms with Gasteiger partial charge in [-0.05, 0) is 31.9 Å². The second-order valence-corrected chi connectivity index (χ2v) is 5.45. The van der Waals surface area contributed by atoms with Crippen molar-refractivity contribution < 1.29 is 9.53 Å². The summed E-state index contributed by atoms with van der Waals surface area (Å²) >= 11 is 3.42. The Hall–Kier alpha value is -1.36. The maximum atomic E-state index is 12.0. The molecule has 2 aromatic rings. The molecule has 2 heterocycles. The minimum atomic E-state index is -0.492. The summed E-state index contributed by atoms with van der Waals surface area (Å²) in [6.45, 7) is 2.24. The molecular formula is C13H13BrN2O2. The zero-order valence-electron chi connectivity index (χ0n) is 10.0. The first-order valence-electron chi connectivity index (χ1n) is 5.98. The highest BCUT2D eigenvalue weighted by atomic mass is 79.9. The maximum absolute atomic E-state index is 12.0. The minimum absolute atomic E-state index is 0.146. The van der Waals surface area contributed by atoms with Crippen molar-refractivity contribution in [2.45, 2.75) is 25.2 Å². The largest absolute Gasteiger partial charge is 0.465 e. The molecule has 0 aromatic carbocycles. The van der Waals surface area contributed by atoms with E-state index in [2.05, 4.69) is 20.9 Å². The molecule has 0 amide bonds. The second-order valence-electron chi connectivity index (χ2n) is 4.54. The first-order valence-corrected chi connectivity index (χ1v) is 6.77. The number of halogens is 1. The van der Waals surface area contributed by atoms with E-state index in [-0.39, 0.29) is 5.97 Å². The van der Waals surface area contributed by atoms with Gasteiger partial charge in [0.25, 0.3) is 0 Å². The zero-order chi connectivity index (χ0) is 12.8. The predicted octanol–water partition coefficient (Wildman–Crippen LogP) is 2.69. The van der Waals surface area contributed by atoms with Gasteiger partial charge in [0.15, 0.2) is 0 Å². The van der Waals surface area contributed by atoms with E-state index >= 15 is 0 Å². The van der Waals surface area contributed by atoms with E-state index in [1.165, 1.54) is 0 Å². The summed E-state index contributed by atoms with van der Waals surface area (Å²) in [7, 11) is 0. The summed E-state index contributed by atoms with van der Waals surface area (Å²) in [5, 5.41) is 0. The molecule has 1 saturated carbocycles. The molecule has 0 radical (unpaired) electrons. The molecular weight excluding hydrogens is 296 g/mol. The van der Waals surface area contributed by atoms with Crippen LogP contribution in [0.1, 0.15) is 25.5 Å². The second kappa shape index (κ2) is 4.09. The van der Waals surface area contributed by atoms with E-state index in [0.717, 1.165) is 28.7 Å². The van der Waals surface area contributed by atoms with Crippen LogP contribution >= 0.6 is 15.9 Å². The molecule has 18 heavy (non-hydrogen) atoms. The number of imidazole rings is 1. The quantitative estimate of drug-likeness (QED) is 0.819. The zero-order valence-corrected chi connectivity index (χ0v) is 11.6. The number of rotatable bonds is 3. The highest BCUT2D eigenvalue weighted by Crippen LogP contribution is 2.48. The molecule has 0 saturated heterocycles. The number of fused-ring (bicyclic) bond motifs is 1. The van der Waals surface area contributed by atoms with Crippen molar-refractivity contribution in [1.82, 2.24) is 9.38 Å². The third-order valence-electron chi connectivity index (χ3n) is 3.33. The Morgan fingerprint density at radius 3 is 3.06 bits per heavy atom. The molecule has 5 heteroatoms. The van der Waals surface area contributed by atoms with E-state index in [9.17, 15) is 4.79 Å². The van der Waals surface area contributed by atoms with Gasteiger partial charge in [-0.25, -0.2) is 4.98 Å². The van der Waals surface area contributed by atoms with Crippen LogP contribution in [-0.4, -0.2) is 22.0 Å². The molecule has 1 fully saturated rings. The van der Waals surface area contributed by atoms with E-state index < -0.39 is 5.41 Å². The Labute approximate surface area is 113 Å². The van der Waals surface area contributed by atoms with Crippen LogP contribution in [0.4, 0.5) is 0 Å². The third-order valence-corrected chi connectivity index (χ3v) is 3.82. The molecule has 1 aliphatic rings. The lowest BCUT2D eigenvalue weighted by Crippen LogP contribution is -2.23. The number of nitrogens with zero attached hydrogens (tertiary/aromatic N) is 2. The van der Waals surface area contributed by atoms with Gasteiger partial charge >= 0.3 is 5.97 Å². The van der Waals surface area contributed by atoms with Gasteiger partial charge < -0.3 is 9.14 Å². The summed E-state index contributed by atoms with van der Waals surface area (Å²) in [5.74, 6) is -0.146. The molecule has 3 rings (SSSR count). The van der Waals surface area contributed by atoms with Crippen LogP contribution in [0.25, 0.3) is 5.65 Å². The lowest BCUT2D eigenvalue weighted by atomic mass is 10.0. The molecule has 0 bridgehead atoms. The van der Waals surface area contributed by atoms with Crippen molar-refractivity contribution in [3.63, 3.8) is 0 Å². The molecule has 1 aliphatic carbocycles. The first-order chi connectivity index (χ1) is 8.65. The topological polar surface area (TPSA) is 43.6 Å². The monoisotopic (exact) mass is 308 g/mol. The normalized spacial score (nSPS) is 16.8. The molecule has 2 aromatic heterocycles. The van der Waals surface area contributed by atoms with E-state index in [1.807, 2.05) is 35.9 Å². The number of hydrogen-bond donors (Lipinski definition) is 0. The highest BCUT2D eigenvalue weighted by Gasteiger charge is 2.54. The number of hydrogen-bond acceptors (Lipinski definition) is 3. The van der Waals surface area contributed by atoms with Crippen molar-refractivity contribution in [2.24, 2.45) is 0 Å². The number of pyridine rings is 1. The third kappa shape index (κ3) is 1.73. The van der Waals surface area contributed by atoms with Crippen molar-refractivity contribution >= 4 is 27.5 Å². The van der Waals surface area contributed by atoms with Crippen LogP contribution in [0.2, 0.25) is 0 Å². The fourth-order valence-electron chi connectivity index (χ4n) is 2.15. The minimum Gasteiger partial charge on any atom is -0.465 e. The summed E-state index contributed by atoms with van der Waals surface area (Å²) in [5.41, 5.74) is 1.17. The van der Waals surface area contributed by atoms with Gasteiger partial charge in [0.1, 0.15) is 11.1 Å². The summed E-state index contributed by atoms with van der Waals surface area (Å²) in [4.78, 5) is 16.5. The van der Waals surface area contributed by atoms with Crippen molar-refractivity contribution in [2.75, 3.05) is 6.61 Å². The van der Waals surface area contributed by atoms with Crippen LogP contribution in [0, 0.1) is 0 Å². The van der Waals surface area contributed by atoms with E-state index in [4.69, 9.17) is 4.74 Å². The lowest BCUT2D eigenvalue weighted by molar-refractivity contribution is -0.146.